The van der Waals surface area contributed by atoms with Crippen LogP contribution in [0.4, 0.5) is 17.2 Å². The Hall–Kier alpha value is -5.80. The van der Waals surface area contributed by atoms with Crippen molar-refractivity contribution in [2.45, 2.75) is 44.9 Å². The van der Waals surface area contributed by atoms with Gasteiger partial charge < -0.3 is 10.6 Å². The van der Waals surface area contributed by atoms with Gasteiger partial charge in [-0.1, -0.05) is 125 Å². The summed E-state index contributed by atoms with van der Waals surface area (Å²) >= 11 is 0. The van der Waals surface area contributed by atoms with Crippen LogP contribution in [0.5, 0.6) is 0 Å². The number of allylic oxidation sites excluding steroid dienone is 1. The molecule has 0 saturated heterocycles. The quantitative estimate of drug-likeness (QED) is 0.207. The van der Waals surface area contributed by atoms with Crippen LogP contribution in [0.1, 0.15) is 61.1 Å². The molecule has 0 atom stereocenters. The molecule has 7 aromatic rings. The van der Waals surface area contributed by atoms with Gasteiger partial charge in [0.15, 0.2) is 0 Å². The number of nitrogens with two attached hydrogens (primary N) is 1. The Morgan fingerprint density at radius 1 is 0.560 bits per heavy atom. The van der Waals surface area contributed by atoms with E-state index in [2.05, 4.69) is 177 Å². The maximum Gasteiger partial charge on any atom is 0.116 e. The second kappa shape index (κ2) is 10.1. The zero-order valence-corrected chi connectivity index (χ0v) is 29.0. The van der Waals surface area contributed by atoms with Gasteiger partial charge in [0.2, 0.25) is 0 Å². The van der Waals surface area contributed by atoms with Gasteiger partial charge >= 0.3 is 0 Å². The van der Waals surface area contributed by atoms with Crippen LogP contribution in [-0.4, -0.2) is 4.57 Å². The molecule has 0 radical (unpaired) electrons. The number of benzene rings is 6. The number of aromatic nitrogens is 1. The number of nitrogens with zero attached hydrogens (tertiary/aromatic N) is 2. The largest absolute Gasteiger partial charge is 0.384 e. The van der Waals surface area contributed by atoms with E-state index in [1.54, 1.807) is 0 Å². The molecule has 0 saturated carbocycles. The summed E-state index contributed by atoms with van der Waals surface area (Å²) in [6.07, 6.45) is 3.18. The van der Waals surface area contributed by atoms with Crippen molar-refractivity contribution in [3.05, 3.63) is 173 Å². The number of rotatable bonds is 3. The molecular weight excluding hydrogens is 607 g/mol. The molecule has 10 rings (SSSR count). The predicted molar refractivity (Wildman–Crippen MR) is 210 cm³/mol. The number of para-hydroxylation sites is 2. The first-order chi connectivity index (χ1) is 24.2. The lowest BCUT2D eigenvalue weighted by molar-refractivity contribution is 0.660. The van der Waals surface area contributed by atoms with E-state index >= 15 is 0 Å². The first-order valence-electron chi connectivity index (χ1n) is 17.7. The first-order valence-corrected chi connectivity index (χ1v) is 17.7. The van der Waals surface area contributed by atoms with Gasteiger partial charge in [-0.05, 0) is 92.5 Å². The molecule has 3 heteroatoms. The zero-order valence-electron chi connectivity index (χ0n) is 29.0. The molecule has 2 N–H and O–H groups in total. The molecule has 1 aromatic heterocycles. The van der Waals surface area contributed by atoms with Crippen molar-refractivity contribution in [2.75, 3.05) is 10.6 Å². The minimum atomic E-state index is -0.0909. The highest BCUT2D eigenvalue weighted by Gasteiger charge is 2.37. The summed E-state index contributed by atoms with van der Waals surface area (Å²) in [5.74, 6) is 0.758. The summed E-state index contributed by atoms with van der Waals surface area (Å²) in [5.41, 5.74) is 26.1. The van der Waals surface area contributed by atoms with Crippen LogP contribution in [0.15, 0.2) is 139 Å². The standard InChI is InChI=1S/C47H39N3/c1-46(2)39-17-9-6-14-33(39)35-23-21-30(27-41(35)46)49-32(25-29-13-5-11-19-43(29)49)26-38-37-16-8-12-20-44(37)50(45(38)48)31-22-24-36-34-15-7-10-18-40(34)47(3,4)42(36)28-31/h5-24,26-28H,25,48H2,1-4H3/b32-26+. The van der Waals surface area contributed by atoms with Crippen LogP contribution in [0.3, 0.4) is 0 Å². The maximum atomic E-state index is 7.27. The fourth-order valence-corrected chi connectivity index (χ4v) is 9.27. The highest BCUT2D eigenvalue weighted by molar-refractivity contribution is 5.99. The third-order valence-electron chi connectivity index (χ3n) is 11.8. The van der Waals surface area contributed by atoms with Crippen molar-refractivity contribution in [2.24, 2.45) is 0 Å². The van der Waals surface area contributed by atoms with E-state index < -0.39 is 0 Å². The number of anilines is 3. The molecule has 242 valence electrons. The van der Waals surface area contributed by atoms with E-state index in [-0.39, 0.29) is 10.8 Å². The SMILES string of the molecule is CC1(C)c2ccccc2-c2ccc(N3/C(=C/c4c(N)n(-c5ccc6c(c5)C(C)(C)c5ccccc5-6)c5ccccc45)Cc4ccccc43)cc21. The van der Waals surface area contributed by atoms with E-state index in [9.17, 15) is 0 Å². The minimum absolute atomic E-state index is 0.0747. The Kier molecular flexibility index (Phi) is 5.90. The number of fused-ring (bicyclic) bond motifs is 8. The molecular formula is C47H39N3. The fraction of sp³-hybridized carbons (Fsp3) is 0.149. The molecule has 2 aliphatic carbocycles. The van der Waals surface area contributed by atoms with Gasteiger partial charge in [0.1, 0.15) is 5.82 Å². The third-order valence-corrected chi connectivity index (χ3v) is 11.8. The second-order valence-corrected chi connectivity index (χ2v) is 15.2. The molecule has 6 aromatic carbocycles. The number of hydrogen-bond donors (Lipinski definition) is 1. The average Bonchev–Trinajstić information content (AvgIpc) is 3.79. The molecule has 0 fully saturated rings. The fourth-order valence-electron chi connectivity index (χ4n) is 9.27. The molecule has 0 bridgehead atoms. The molecule has 50 heavy (non-hydrogen) atoms. The van der Waals surface area contributed by atoms with Crippen molar-refractivity contribution < 1.29 is 0 Å². The Morgan fingerprint density at radius 2 is 1.10 bits per heavy atom. The molecule has 0 unspecified atom stereocenters. The summed E-state index contributed by atoms with van der Waals surface area (Å²) in [4.78, 5) is 2.45. The Morgan fingerprint density at radius 3 is 1.80 bits per heavy atom. The molecule has 1 aliphatic heterocycles. The van der Waals surface area contributed by atoms with Gasteiger partial charge in [0, 0.05) is 51.0 Å². The van der Waals surface area contributed by atoms with Crippen LogP contribution in [0.2, 0.25) is 0 Å². The number of nitrogen functional groups attached to an aromatic ring is 1. The van der Waals surface area contributed by atoms with E-state index in [1.165, 1.54) is 67.1 Å². The van der Waals surface area contributed by atoms with E-state index in [4.69, 9.17) is 5.73 Å². The van der Waals surface area contributed by atoms with Crippen LogP contribution in [-0.2, 0) is 17.3 Å². The average molecular weight is 646 g/mol. The normalized spacial score (nSPS) is 16.7. The van der Waals surface area contributed by atoms with Crippen molar-refractivity contribution in [3.63, 3.8) is 0 Å². The molecule has 3 nitrogen and oxygen atoms in total. The van der Waals surface area contributed by atoms with Gasteiger partial charge in [0.25, 0.3) is 0 Å². The smallest absolute Gasteiger partial charge is 0.116 e. The summed E-state index contributed by atoms with van der Waals surface area (Å²) in [6, 6.07) is 49.0. The minimum Gasteiger partial charge on any atom is -0.384 e. The Bertz CT molecular complexity index is 2590. The molecule has 2 heterocycles. The van der Waals surface area contributed by atoms with E-state index in [0.29, 0.717) is 0 Å². The van der Waals surface area contributed by atoms with Crippen molar-refractivity contribution in [1.29, 1.82) is 0 Å². The van der Waals surface area contributed by atoms with Crippen LogP contribution >= 0.6 is 0 Å². The van der Waals surface area contributed by atoms with Crippen LogP contribution in [0, 0.1) is 0 Å². The van der Waals surface area contributed by atoms with Gasteiger partial charge in [-0.2, -0.15) is 0 Å². The van der Waals surface area contributed by atoms with Crippen LogP contribution < -0.4 is 10.6 Å². The summed E-state index contributed by atoms with van der Waals surface area (Å²) in [5, 5.41) is 1.15. The topological polar surface area (TPSA) is 34.2 Å². The predicted octanol–water partition coefficient (Wildman–Crippen LogP) is 11.6. The monoisotopic (exact) mass is 645 g/mol. The van der Waals surface area contributed by atoms with Crippen molar-refractivity contribution in [3.8, 4) is 27.9 Å². The summed E-state index contributed by atoms with van der Waals surface area (Å²) in [7, 11) is 0. The highest BCUT2D eigenvalue weighted by Crippen LogP contribution is 2.52. The maximum absolute atomic E-state index is 7.27. The second-order valence-electron chi connectivity index (χ2n) is 15.2. The van der Waals surface area contributed by atoms with Gasteiger partial charge in [-0.25, -0.2) is 0 Å². The Labute approximate surface area is 293 Å². The lowest BCUT2D eigenvalue weighted by atomic mass is 9.82. The van der Waals surface area contributed by atoms with Gasteiger partial charge in [0.05, 0.1) is 5.52 Å². The summed E-state index contributed by atoms with van der Waals surface area (Å²) < 4.78 is 2.25. The Balaban J connectivity index is 1.13. The van der Waals surface area contributed by atoms with Gasteiger partial charge in [-0.3, -0.25) is 4.57 Å². The van der Waals surface area contributed by atoms with E-state index in [1.807, 2.05) is 0 Å². The molecule has 3 aliphatic rings. The first kappa shape index (κ1) is 29.1. The van der Waals surface area contributed by atoms with Crippen molar-refractivity contribution in [1.82, 2.24) is 4.57 Å². The summed E-state index contributed by atoms with van der Waals surface area (Å²) in [6.45, 7) is 9.37. The molecule has 0 spiro atoms. The third kappa shape index (κ3) is 3.86. The molecule has 0 amide bonds. The lowest BCUT2D eigenvalue weighted by Gasteiger charge is -2.26. The zero-order chi connectivity index (χ0) is 33.9. The van der Waals surface area contributed by atoms with Crippen molar-refractivity contribution >= 4 is 34.2 Å². The highest BCUT2D eigenvalue weighted by atomic mass is 15.2. The van der Waals surface area contributed by atoms with E-state index in [0.717, 1.165) is 34.4 Å². The van der Waals surface area contributed by atoms with Gasteiger partial charge in [-0.15, -0.1) is 0 Å². The van der Waals surface area contributed by atoms with Crippen LogP contribution in [0.25, 0.3) is 44.9 Å². The number of hydrogen-bond acceptors (Lipinski definition) is 2. The lowest BCUT2D eigenvalue weighted by Crippen LogP contribution is -2.17.